The van der Waals surface area contributed by atoms with Crippen LogP contribution in [0.15, 0.2) is 90.5 Å². The fraction of sp³-hybridized carbons (Fsp3) is 0.231. The van der Waals surface area contributed by atoms with Crippen molar-refractivity contribution in [3.8, 4) is 17.2 Å². The lowest BCUT2D eigenvalue weighted by molar-refractivity contribution is -0.0498. The van der Waals surface area contributed by atoms with Gasteiger partial charge in [-0.2, -0.15) is 8.78 Å². The highest BCUT2D eigenvalue weighted by molar-refractivity contribution is 5.37. The Morgan fingerprint density at radius 3 is 2.06 bits per heavy atom. The number of ether oxygens (including phenoxy) is 2. The number of hydrogen-bond acceptors (Lipinski definition) is 2. The van der Waals surface area contributed by atoms with Crippen molar-refractivity contribution in [2.45, 2.75) is 32.8 Å². The summed E-state index contributed by atoms with van der Waals surface area (Å²) in [4.78, 5) is 0. The minimum atomic E-state index is -2.95. The van der Waals surface area contributed by atoms with E-state index >= 15 is 4.39 Å². The van der Waals surface area contributed by atoms with Crippen LogP contribution in [0.1, 0.15) is 30.9 Å². The van der Waals surface area contributed by atoms with Gasteiger partial charge in [0.05, 0.1) is 0 Å². The Morgan fingerprint density at radius 1 is 0.781 bits per heavy atom. The lowest BCUT2D eigenvalue weighted by Gasteiger charge is -2.21. The van der Waals surface area contributed by atoms with Gasteiger partial charge in [0.15, 0.2) is 0 Å². The maximum absolute atomic E-state index is 15.2. The highest BCUT2D eigenvalue weighted by atomic mass is 19.3. The van der Waals surface area contributed by atoms with E-state index in [0.717, 1.165) is 0 Å². The van der Waals surface area contributed by atoms with E-state index in [4.69, 9.17) is 4.74 Å². The van der Waals surface area contributed by atoms with Crippen LogP contribution in [0.5, 0.6) is 17.2 Å². The first-order valence-corrected chi connectivity index (χ1v) is 10.2. The highest BCUT2D eigenvalue weighted by Crippen LogP contribution is 2.37. The fourth-order valence-electron chi connectivity index (χ4n) is 3.46. The molecule has 0 fully saturated rings. The zero-order chi connectivity index (χ0) is 23.1. The molecule has 6 heteroatoms. The molecule has 0 aliphatic carbocycles. The standard InChI is InChI=1S/C26H24F4O2/c1-17(2)24(19-11-13-21(14-12-19)32-26(29)30)25(28)23(27)16-18-7-6-10-22(15-18)31-20-8-4-3-5-9-20/h3-15,17,24,26H,16H2,1-2H3/b25-23+. The van der Waals surface area contributed by atoms with Gasteiger partial charge in [-0.25, -0.2) is 8.78 Å². The topological polar surface area (TPSA) is 18.5 Å². The van der Waals surface area contributed by atoms with E-state index in [2.05, 4.69) is 4.74 Å². The second-order valence-corrected chi connectivity index (χ2v) is 7.66. The molecule has 3 rings (SSSR count). The molecule has 0 heterocycles. The number of halogens is 4. The number of para-hydroxylation sites is 1. The van der Waals surface area contributed by atoms with Crippen molar-refractivity contribution < 1.29 is 27.0 Å². The zero-order valence-electron chi connectivity index (χ0n) is 17.8. The Kier molecular flexibility index (Phi) is 7.92. The first-order valence-electron chi connectivity index (χ1n) is 10.2. The zero-order valence-corrected chi connectivity index (χ0v) is 17.8. The lowest BCUT2D eigenvalue weighted by atomic mass is 9.86. The molecule has 0 radical (unpaired) electrons. The number of allylic oxidation sites excluding steroid dienone is 2. The molecule has 0 amide bonds. The predicted octanol–water partition coefficient (Wildman–Crippen LogP) is 8.21. The normalized spacial score (nSPS) is 13.1. The summed E-state index contributed by atoms with van der Waals surface area (Å²) in [5, 5.41) is 0. The minimum absolute atomic E-state index is 0.0358. The van der Waals surface area contributed by atoms with E-state index in [9.17, 15) is 13.2 Å². The van der Waals surface area contributed by atoms with Crippen LogP contribution in [0, 0.1) is 5.92 Å². The van der Waals surface area contributed by atoms with Crippen LogP contribution >= 0.6 is 0 Å². The molecule has 3 aromatic carbocycles. The number of benzene rings is 3. The maximum atomic E-state index is 15.2. The predicted molar refractivity (Wildman–Crippen MR) is 117 cm³/mol. The van der Waals surface area contributed by atoms with Crippen molar-refractivity contribution in [1.29, 1.82) is 0 Å². The van der Waals surface area contributed by atoms with Gasteiger partial charge in [0.25, 0.3) is 0 Å². The third-order valence-electron chi connectivity index (χ3n) is 4.90. The molecule has 1 unspecified atom stereocenters. The molecule has 0 N–H and O–H groups in total. The van der Waals surface area contributed by atoms with Gasteiger partial charge in [0.2, 0.25) is 0 Å². The first-order chi connectivity index (χ1) is 15.3. The Labute approximate surface area is 185 Å². The van der Waals surface area contributed by atoms with Crippen LogP contribution in [0.2, 0.25) is 0 Å². The van der Waals surface area contributed by atoms with Crippen LogP contribution in [-0.4, -0.2) is 6.61 Å². The van der Waals surface area contributed by atoms with E-state index in [0.29, 0.717) is 22.6 Å². The molecule has 1 atom stereocenters. The van der Waals surface area contributed by atoms with E-state index in [1.165, 1.54) is 24.3 Å². The molecule has 0 spiro atoms. The van der Waals surface area contributed by atoms with Gasteiger partial charge in [-0.3, -0.25) is 0 Å². The van der Waals surface area contributed by atoms with Crippen molar-refractivity contribution >= 4 is 0 Å². The molecular formula is C26H24F4O2. The van der Waals surface area contributed by atoms with Crippen LogP contribution in [0.25, 0.3) is 0 Å². The van der Waals surface area contributed by atoms with Crippen LogP contribution in [0.4, 0.5) is 17.6 Å². The first kappa shape index (κ1) is 23.4. The summed E-state index contributed by atoms with van der Waals surface area (Å²) in [5.74, 6) is -1.73. The van der Waals surface area contributed by atoms with Gasteiger partial charge in [0, 0.05) is 12.3 Å². The third-order valence-corrected chi connectivity index (χ3v) is 4.90. The molecule has 0 saturated carbocycles. The van der Waals surface area contributed by atoms with E-state index in [-0.39, 0.29) is 18.1 Å². The largest absolute Gasteiger partial charge is 0.457 e. The summed E-state index contributed by atoms with van der Waals surface area (Å²) in [6, 6.07) is 21.6. The molecular weight excluding hydrogens is 420 g/mol. The van der Waals surface area contributed by atoms with Crippen molar-refractivity contribution in [1.82, 2.24) is 0 Å². The Morgan fingerprint density at radius 2 is 1.44 bits per heavy atom. The molecule has 0 aromatic heterocycles. The SMILES string of the molecule is CC(C)C(/C(F)=C(\F)Cc1cccc(Oc2ccccc2)c1)c1ccc(OC(F)F)cc1. The second kappa shape index (κ2) is 10.8. The monoisotopic (exact) mass is 444 g/mol. The molecule has 32 heavy (non-hydrogen) atoms. The molecule has 0 saturated heterocycles. The molecule has 168 valence electrons. The maximum Gasteiger partial charge on any atom is 0.387 e. The summed E-state index contributed by atoms with van der Waals surface area (Å²) in [6.07, 6.45) is -0.229. The Bertz CT molecular complexity index is 1030. The molecule has 0 bridgehead atoms. The van der Waals surface area contributed by atoms with Crippen molar-refractivity contribution in [2.75, 3.05) is 0 Å². The molecule has 2 nitrogen and oxygen atoms in total. The van der Waals surface area contributed by atoms with Crippen LogP contribution in [0.3, 0.4) is 0 Å². The van der Waals surface area contributed by atoms with Crippen molar-refractivity contribution in [3.05, 3.63) is 102 Å². The van der Waals surface area contributed by atoms with E-state index in [1.807, 2.05) is 18.2 Å². The van der Waals surface area contributed by atoms with Gasteiger partial charge in [-0.1, -0.05) is 56.3 Å². The van der Waals surface area contributed by atoms with Crippen LogP contribution in [-0.2, 0) is 6.42 Å². The summed E-state index contributed by atoms with van der Waals surface area (Å²) in [7, 11) is 0. The molecule has 0 aliphatic rings. The van der Waals surface area contributed by atoms with Gasteiger partial charge in [-0.05, 0) is 53.4 Å². The third kappa shape index (κ3) is 6.36. The van der Waals surface area contributed by atoms with Gasteiger partial charge >= 0.3 is 6.61 Å². The number of alkyl halides is 2. The quantitative estimate of drug-likeness (QED) is 0.310. The van der Waals surface area contributed by atoms with Crippen molar-refractivity contribution in [2.24, 2.45) is 5.92 Å². The lowest BCUT2D eigenvalue weighted by Crippen LogP contribution is -2.10. The van der Waals surface area contributed by atoms with Gasteiger partial charge < -0.3 is 9.47 Å². The van der Waals surface area contributed by atoms with Gasteiger partial charge in [0.1, 0.15) is 28.9 Å². The Hall–Kier alpha value is -3.28. The second-order valence-electron chi connectivity index (χ2n) is 7.66. The summed E-state index contributed by atoms with van der Waals surface area (Å²) >= 11 is 0. The fourth-order valence-corrected chi connectivity index (χ4v) is 3.46. The molecule has 3 aromatic rings. The average Bonchev–Trinajstić information content (AvgIpc) is 2.75. The van der Waals surface area contributed by atoms with E-state index < -0.39 is 24.2 Å². The number of rotatable bonds is 9. The van der Waals surface area contributed by atoms with Crippen molar-refractivity contribution in [3.63, 3.8) is 0 Å². The highest BCUT2D eigenvalue weighted by Gasteiger charge is 2.25. The minimum Gasteiger partial charge on any atom is -0.457 e. The molecule has 0 aliphatic heterocycles. The summed E-state index contributed by atoms with van der Waals surface area (Å²) in [5.41, 5.74) is 1.05. The Balaban J connectivity index is 1.79. The van der Waals surface area contributed by atoms with Crippen LogP contribution < -0.4 is 9.47 Å². The summed E-state index contributed by atoms with van der Waals surface area (Å²) in [6.45, 7) is 0.600. The van der Waals surface area contributed by atoms with Gasteiger partial charge in [-0.15, -0.1) is 0 Å². The average molecular weight is 444 g/mol. The van der Waals surface area contributed by atoms with E-state index in [1.54, 1.807) is 50.2 Å². The number of hydrogen-bond donors (Lipinski definition) is 0. The summed E-state index contributed by atoms with van der Waals surface area (Å²) < 4.78 is 64.9. The smallest absolute Gasteiger partial charge is 0.387 e.